The lowest BCUT2D eigenvalue weighted by Gasteiger charge is -2.22. The highest BCUT2D eigenvalue weighted by molar-refractivity contribution is 6.32. The van der Waals surface area contributed by atoms with Gasteiger partial charge in [-0.2, -0.15) is 0 Å². The zero-order chi connectivity index (χ0) is 35.8. The number of hydrogen-bond acceptors (Lipinski definition) is 6. The van der Waals surface area contributed by atoms with Crippen molar-refractivity contribution in [3.63, 3.8) is 0 Å². The first-order valence-corrected chi connectivity index (χ1v) is 16.8. The summed E-state index contributed by atoms with van der Waals surface area (Å²) in [4.78, 5) is 38.5. The SMILES string of the molecule is CC.CO.COc1ccc(C[C@@H](NC(=O)/C=C/CC[C@H](C)/C=C/c2ccccc2)C(=O)N[C@H](C)CC(=O)O[C@H](C)CC(C)C)cc1Cl. The summed E-state index contributed by atoms with van der Waals surface area (Å²) in [6.07, 6.45) is 9.94. The van der Waals surface area contributed by atoms with Gasteiger partial charge in [0.05, 0.1) is 24.7 Å². The minimum absolute atomic E-state index is 0.0278. The van der Waals surface area contributed by atoms with E-state index in [1.54, 1.807) is 25.1 Å². The van der Waals surface area contributed by atoms with Gasteiger partial charge in [-0.05, 0) is 74.3 Å². The van der Waals surface area contributed by atoms with Crippen LogP contribution in [0.1, 0.15) is 85.3 Å². The van der Waals surface area contributed by atoms with Crippen molar-refractivity contribution < 1.29 is 29.0 Å². The molecule has 0 spiro atoms. The number of nitrogens with one attached hydrogen (secondary N) is 2. The predicted octanol–water partition coefficient (Wildman–Crippen LogP) is 7.57. The van der Waals surface area contributed by atoms with Crippen LogP contribution in [0.3, 0.4) is 0 Å². The molecule has 0 aliphatic carbocycles. The standard InChI is InChI=1S/C35H47ClN2O5.C2H6.CH4O/c1-24(2)20-27(5)43-34(40)21-26(4)37-35(41)31(23-29-18-19-32(42-6)30(36)22-29)38-33(39)15-11-10-12-25(3)16-17-28-13-8-7-9-14-28;2*1-2/h7-9,11,13-19,22,24-27,31H,10,12,20-21,23H2,1-6H3,(H,37,41)(H,38,39);1-2H3;2H,1H3/b15-11+,17-16+;;/t25-,26+,27+,31+;;/m0../s1. The third-order valence-corrected chi connectivity index (χ3v) is 7.06. The van der Waals surface area contributed by atoms with Gasteiger partial charge < -0.3 is 25.2 Å². The van der Waals surface area contributed by atoms with Crippen LogP contribution in [-0.2, 0) is 25.5 Å². The molecule has 0 fully saturated rings. The smallest absolute Gasteiger partial charge is 0.308 e. The Morgan fingerprint density at radius 3 is 2.21 bits per heavy atom. The van der Waals surface area contributed by atoms with E-state index < -0.39 is 18.0 Å². The third-order valence-electron chi connectivity index (χ3n) is 6.76. The summed E-state index contributed by atoms with van der Waals surface area (Å²) < 4.78 is 10.7. The van der Waals surface area contributed by atoms with Gasteiger partial charge in [0.15, 0.2) is 0 Å². The maximum absolute atomic E-state index is 13.3. The van der Waals surface area contributed by atoms with E-state index in [2.05, 4.69) is 55.7 Å². The number of benzene rings is 2. The Balaban J connectivity index is 0.00000508. The third kappa shape index (κ3) is 19.6. The number of hydrogen-bond donors (Lipinski definition) is 3. The zero-order valence-electron chi connectivity index (χ0n) is 29.7. The van der Waals surface area contributed by atoms with E-state index in [9.17, 15) is 14.4 Å². The van der Waals surface area contributed by atoms with E-state index in [1.165, 1.54) is 13.2 Å². The number of rotatable bonds is 17. The number of carbonyl (C=O) groups excluding carboxylic acids is 3. The van der Waals surface area contributed by atoms with Gasteiger partial charge in [-0.1, -0.05) is 101 Å². The zero-order valence-corrected chi connectivity index (χ0v) is 30.5. The van der Waals surface area contributed by atoms with Crippen LogP contribution in [0.5, 0.6) is 5.75 Å². The molecular formula is C38H57ClN2O6. The van der Waals surface area contributed by atoms with Crippen LogP contribution < -0.4 is 15.4 Å². The summed E-state index contributed by atoms with van der Waals surface area (Å²) in [6.45, 7) is 13.9. The molecule has 0 saturated carbocycles. The van der Waals surface area contributed by atoms with Crippen molar-refractivity contribution in [2.24, 2.45) is 11.8 Å². The summed E-state index contributed by atoms with van der Waals surface area (Å²) >= 11 is 6.30. The van der Waals surface area contributed by atoms with Crippen molar-refractivity contribution in [3.8, 4) is 5.75 Å². The molecule has 0 aliphatic rings. The Bertz CT molecular complexity index is 1230. The second-order valence-electron chi connectivity index (χ2n) is 11.5. The fourth-order valence-electron chi connectivity index (χ4n) is 4.62. The number of methoxy groups -OCH3 is 1. The monoisotopic (exact) mass is 672 g/mol. The summed E-state index contributed by atoms with van der Waals surface area (Å²) in [7, 11) is 2.53. The van der Waals surface area contributed by atoms with Gasteiger partial charge in [-0.3, -0.25) is 14.4 Å². The van der Waals surface area contributed by atoms with Crippen molar-refractivity contribution in [1.29, 1.82) is 0 Å². The quantitative estimate of drug-likeness (QED) is 0.118. The Hall–Kier alpha value is -3.62. The van der Waals surface area contributed by atoms with Crippen molar-refractivity contribution in [2.75, 3.05) is 14.2 Å². The largest absolute Gasteiger partial charge is 0.495 e. The molecule has 0 radical (unpaired) electrons. The van der Waals surface area contributed by atoms with Crippen molar-refractivity contribution in [3.05, 3.63) is 82.9 Å². The molecule has 0 bridgehead atoms. The van der Waals surface area contributed by atoms with Gasteiger partial charge in [-0.25, -0.2) is 0 Å². The molecule has 262 valence electrons. The molecule has 4 atom stereocenters. The molecule has 2 rings (SSSR count). The second kappa shape index (κ2) is 25.5. The second-order valence-corrected chi connectivity index (χ2v) is 11.9. The van der Waals surface area contributed by atoms with E-state index in [-0.39, 0.29) is 30.8 Å². The summed E-state index contributed by atoms with van der Waals surface area (Å²) in [5, 5.41) is 13.1. The first-order valence-electron chi connectivity index (χ1n) is 16.4. The molecule has 3 N–H and O–H groups in total. The summed E-state index contributed by atoms with van der Waals surface area (Å²) in [5.41, 5.74) is 1.91. The van der Waals surface area contributed by atoms with E-state index >= 15 is 0 Å². The minimum Gasteiger partial charge on any atom is -0.495 e. The molecular weight excluding hydrogens is 616 g/mol. The number of esters is 1. The Labute approximate surface area is 288 Å². The van der Waals surface area contributed by atoms with Crippen LogP contribution in [0.2, 0.25) is 5.02 Å². The van der Waals surface area contributed by atoms with Gasteiger partial charge in [0.25, 0.3) is 0 Å². The first kappa shape index (κ1) is 43.4. The Morgan fingerprint density at radius 2 is 1.62 bits per heavy atom. The molecule has 0 unspecified atom stereocenters. The van der Waals surface area contributed by atoms with Crippen LogP contribution in [0, 0.1) is 11.8 Å². The van der Waals surface area contributed by atoms with Crippen molar-refractivity contribution in [2.45, 2.75) is 98.8 Å². The van der Waals surface area contributed by atoms with Gasteiger partial charge in [-0.15, -0.1) is 0 Å². The van der Waals surface area contributed by atoms with E-state index in [0.29, 0.717) is 29.0 Å². The number of aliphatic hydroxyl groups excluding tert-OH is 1. The average molecular weight is 673 g/mol. The lowest BCUT2D eigenvalue weighted by Crippen LogP contribution is -2.50. The average Bonchev–Trinajstić information content (AvgIpc) is 3.03. The first-order chi connectivity index (χ1) is 22.5. The van der Waals surface area contributed by atoms with Crippen molar-refractivity contribution in [1.82, 2.24) is 10.6 Å². The van der Waals surface area contributed by atoms with Crippen LogP contribution >= 0.6 is 11.6 Å². The predicted molar refractivity (Wildman–Crippen MR) is 193 cm³/mol. The van der Waals surface area contributed by atoms with Crippen LogP contribution in [0.15, 0.2) is 66.8 Å². The van der Waals surface area contributed by atoms with Crippen LogP contribution in [0.25, 0.3) is 6.08 Å². The number of aliphatic hydroxyl groups is 1. The normalized spacial score (nSPS) is 13.4. The minimum atomic E-state index is -0.882. The van der Waals surface area contributed by atoms with Crippen LogP contribution in [-0.4, -0.2) is 55.3 Å². The Kier molecular flexibility index (Phi) is 23.5. The molecule has 2 aromatic carbocycles. The molecule has 2 aromatic rings. The van der Waals surface area contributed by atoms with E-state index in [1.807, 2.05) is 45.0 Å². The molecule has 0 aliphatic heterocycles. The Morgan fingerprint density at radius 1 is 0.957 bits per heavy atom. The molecule has 0 heterocycles. The van der Waals surface area contributed by atoms with Gasteiger partial charge in [0, 0.05) is 19.6 Å². The molecule has 47 heavy (non-hydrogen) atoms. The summed E-state index contributed by atoms with van der Waals surface area (Å²) in [5.74, 6) is 0.118. The maximum Gasteiger partial charge on any atom is 0.308 e. The van der Waals surface area contributed by atoms with E-state index in [4.69, 9.17) is 26.2 Å². The lowest BCUT2D eigenvalue weighted by molar-refractivity contribution is -0.149. The summed E-state index contributed by atoms with van der Waals surface area (Å²) in [6, 6.07) is 14.0. The molecule has 2 amide bonds. The number of allylic oxidation sites excluding steroid dienone is 2. The van der Waals surface area contributed by atoms with Gasteiger partial charge in [0.1, 0.15) is 11.8 Å². The number of amides is 2. The van der Waals surface area contributed by atoms with Gasteiger partial charge >= 0.3 is 5.97 Å². The highest BCUT2D eigenvalue weighted by Gasteiger charge is 2.24. The van der Waals surface area contributed by atoms with Crippen molar-refractivity contribution >= 4 is 35.5 Å². The van der Waals surface area contributed by atoms with Gasteiger partial charge in [0.2, 0.25) is 11.8 Å². The van der Waals surface area contributed by atoms with E-state index in [0.717, 1.165) is 31.1 Å². The highest BCUT2D eigenvalue weighted by Crippen LogP contribution is 2.25. The fourth-order valence-corrected chi connectivity index (χ4v) is 4.90. The molecule has 8 nitrogen and oxygen atoms in total. The fraction of sp³-hybridized carbons (Fsp3) is 0.500. The lowest BCUT2D eigenvalue weighted by atomic mass is 10.0. The molecule has 0 aromatic heterocycles. The topological polar surface area (TPSA) is 114 Å². The molecule has 9 heteroatoms. The van der Waals surface area contributed by atoms with Crippen LogP contribution in [0.4, 0.5) is 0 Å². The number of halogens is 1. The number of ether oxygens (including phenoxy) is 2. The highest BCUT2D eigenvalue weighted by atomic mass is 35.5. The number of carbonyl (C=O) groups is 3. The maximum atomic E-state index is 13.3. The molecule has 0 saturated heterocycles.